The smallest absolute Gasteiger partial charge is 0.147 e. The van der Waals surface area contributed by atoms with E-state index in [1.54, 1.807) is 6.07 Å². The van der Waals surface area contributed by atoms with Crippen molar-refractivity contribution in [3.8, 4) is 0 Å². The van der Waals surface area contributed by atoms with E-state index in [-0.39, 0.29) is 0 Å². The van der Waals surface area contributed by atoms with Gasteiger partial charge in [-0.15, -0.1) is 0 Å². The van der Waals surface area contributed by atoms with Crippen molar-refractivity contribution in [2.75, 3.05) is 43.4 Å². The molecule has 0 bridgehead atoms. The van der Waals surface area contributed by atoms with Gasteiger partial charge in [0.05, 0.1) is 10.0 Å². The number of hydrogen-bond acceptors (Lipinski definition) is 4. The largest absolute Gasteiger partial charge is 0.369 e. The van der Waals surface area contributed by atoms with Crippen molar-refractivity contribution in [3.63, 3.8) is 0 Å². The number of hydrogen-bond donors (Lipinski definition) is 2. The van der Waals surface area contributed by atoms with Gasteiger partial charge in [-0.1, -0.05) is 36.5 Å². The Morgan fingerprint density at radius 1 is 1.05 bits per heavy atom. The maximum absolute atomic E-state index is 6.21. The molecule has 1 aromatic rings. The lowest BCUT2D eigenvalue weighted by atomic mass is 10.1. The highest BCUT2D eigenvalue weighted by Crippen LogP contribution is 2.29. The summed E-state index contributed by atoms with van der Waals surface area (Å²) in [6, 6.07) is 1.75. The molecule has 0 aromatic carbocycles. The van der Waals surface area contributed by atoms with Gasteiger partial charge >= 0.3 is 0 Å². The molecular weight excluding hydrogens is 307 g/mol. The van der Waals surface area contributed by atoms with Crippen molar-refractivity contribution in [2.45, 2.75) is 32.6 Å². The third-order valence-electron chi connectivity index (χ3n) is 3.64. The fraction of sp³-hybridized carbons (Fsp3) is 0.667. The molecule has 2 heterocycles. The van der Waals surface area contributed by atoms with Crippen LogP contribution in [0, 0.1) is 0 Å². The molecule has 0 amide bonds. The molecule has 1 fully saturated rings. The third kappa shape index (κ3) is 5.20. The van der Waals surface area contributed by atoms with Gasteiger partial charge in [0.1, 0.15) is 11.6 Å². The molecule has 0 spiro atoms. The lowest BCUT2D eigenvalue weighted by Crippen LogP contribution is -2.33. The van der Waals surface area contributed by atoms with Gasteiger partial charge < -0.3 is 15.5 Å². The summed E-state index contributed by atoms with van der Waals surface area (Å²) in [6.45, 7) is 7.23. The standard InChI is InChI=1S/C15H24Cl2N4/c1-2-6-18-14-12(16)11-13(17)15(20-14)19-7-10-21-8-4-3-5-9-21/h11H,2-10H2,1H3,(H2,18,19,20). The van der Waals surface area contributed by atoms with Gasteiger partial charge in [0, 0.05) is 19.6 Å². The van der Waals surface area contributed by atoms with Crippen LogP contribution in [0.25, 0.3) is 0 Å². The molecule has 6 heteroatoms. The number of nitrogens with one attached hydrogen (secondary N) is 2. The number of nitrogens with zero attached hydrogens (tertiary/aromatic N) is 2. The highest BCUT2D eigenvalue weighted by Gasteiger charge is 2.11. The van der Waals surface area contributed by atoms with Crippen molar-refractivity contribution >= 4 is 34.8 Å². The van der Waals surface area contributed by atoms with E-state index in [0.29, 0.717) is 21.7 Å². The van der Waals surface area contributed by atoms with Crippen LogP contribution < -0.4 is 10.6 Å². The summed E-state index contributed by atoms with van der Waals surface area (Å²) in [6.07, 6.45) is 5.01. The highest BCUT2D eigenvalue weighted by molar-refractivity contribution is 6.37. The number of pyridine rings is 1. The first kappa shape index (κ1) is 16.7. The van der Waals surface area contributed by atoms with Crippen LogP contribution in [-0.2, 0) is 0 Å². The summed E-state index contributed by atoms with van der Waals surface area (Å²) in [5.74, 6) is 1.40. The van der Waals surface area contributed by atoms with Crippen LogP contribution in [0.2, 0.25) is 10.0 Å². The number of likely N-dealkylation sites (tertiary alicyclic amines) is 1. The molecule has 1 aromatic heterocycles. The quantitative estimate of drug-likeness (QED) is 0.789. The summed E-state index contributed by atoms with van der Waals surface area (Å²) in [5, 5.41) is 7.67. The molecule has 0 radical (unpaired) electrons. The Morgan fingerprint density at radius 3 is 2.29 bits per heavy atom. The topological polar surface area (TPSA) is 40.2 Å². The maximum atomic E-state index is 6.21. The van der Waals surface area contributed by atoms with Crippen LogP contribution in [0.4, 0.5) is 11.6 Å². The van der Waals surface area contributed by atoms with Crippen LogP contribution in [0.5, 0.6) is 0 Å². The van der Waals surface area contributed by atoms with Crippen molar-refractivity contribution in [3.05, 3.63) is 16.1 Å². The van der Waals surface area contributed by atoms with Gasteiger partial charge in [0.15, 0.2) is 0 Å². The van der Waals surface area contributed by atoms with E-state index in [2.05, 4.69) is 27.4 Å². The van der Waals surface area contributed by atoms with Crippen molar-refractivity contribution < 1.29 is 0 Å². The lowest BCUT2D eigenvalue weighted by Gasteiger charge is -2.26. The van der Waals surface area contributed by atoms with Gasteiger partial charge in [0.2, 0.25) is 0 Å². The van der Waals surface area contributed by atoms with E-state index in [1.165, 1.54) is 32.4 Å². The fourth-order valence-electron chi connectivity index (χ4n) is 2.47. The minimum atomic E-state index is 0.565. The zero-order valence-electron chi connectivity index (χ0n) is 12.6. The molecule has 1 aliphatic heterocycles. The molecule has 118 valence electrons. The Morgan fingerprint density at radius 2 is 1.67 bits per heavy atom. The average Bonchev–Trinajstić information content (AvgIpc) is 2.49. The molecule has 1 saturated heterocycles. The van der Waals surface area contributed by atoms with Crippen LogP contribution in [0.15, 0.2) is 6.07 Å². The van der Waals surface area contributed by atoms with Gasteiger partial charge in [-0.25, -0.2) is 4.98 Å². The molecule has 0 unspecified atom stereocenters. The lowest BCUT2D eigenvalue weighted by molar-refractivity contribution is 0.237. The first-order valence-corrected chi connectivity index (χ1v) is 8.52. The molecule has 0 aliphatic carbocycles. The van der Waals surface area contributed by atoms with E-state index < -0.39 is 0 Å². The Kier molecular flexibility index (Phi) is 6.87. The van der Waals surface area contributed by atoms with Gasteiger partial charge in [-0.05, 0) is 38.4 Å². The zero-order valence-corrected chi connectivity index (χ0v) is 14.1. The monoisotopic (exact) mass is 330 g/mol. The van der Waals surface area contributed by atoms with Gasteiger partial charge in [-0.3, -0.25) is 0 Å². The number of piperidine rings is 1. The van der Waals surface area contributed by atoms with Crippen LogP contribution >= 0.6 is 23.2 Å². The third-order valence-corrected chi connectivity index (χ3v) is 4.22. The number of halogens is 2. The van der Waals surface area contributed by atoms with Crippen molar-refractivity contribution in [2.24, 2.45) is 0 Å². The first-order valence-electron chi connectivity index (χ1n) is 7.77. The van der Waals surface area contributed by atoms with Crippen LogP contribution in [0.1, 0.15) is 32.6 Å². The number of anilines is 2. The van der Waals surface area contributed by atoms with E-state index in [1.807, 2.05) is 0 Å². The molecular formula is C15H24Cl2N4. The predicted octanol–water partition coefficient (Wildman–Crippen LogP) is 4.11. The van der Waals surface area contributed by atoms with Crippen LogP contribution in [-0.4, -0.2) is 42.6 Å². The van der Waals surface area contributed by atoms with Gasteiger partial charge in [-0.2, -0.15) is 0 Å². The minimum Gasteiger partial charge on any atom is -0.369 e. The van der Waals surface area contributed by atoms with Gasteiger partial charge in [0.25, 0.3) is 0 Å². The fourth-order valence-corrected chi connectivity index (χ4v) is 2.97. The summed E-state index contributed by atoms with van der Waals surface area (Å²) >= 11 is 12.4. The first-order chi connectivity index (χ1) is 10.2. The maximum Gasteiger partial charge on any atom is 0.147 e. The van der Waals surface area contributed by atoms with E-state index >= 15 is 0 Å². The van der Waals surface area contributed by atoms with E-state index in [9.17, 15) is 0 Å². The second kappa shape index (κ2) is 8.66. The Balaban J connectivity index is 1.88. The molecule has 0 atom stereocenters. The summed E-state index contributed by atoms with van der Waals surface area (Å²) in [7, 11) is 0. The molecule has 2 rings (SSSR count). The summed E-state index contributed by atoms with van der Waals surface area (Å²) < 4.78 is 0. The minimum absolute atomic E-state index is 0.565. The van der Waals surface area contributed by atoms with E-state index in [0.717, 1.165) is 26.1 Å². The highest BCUT2D eigenvalue weighted by atomic mass is 35.5. The zero-order chi connectivity index (χ0) is 15.1. The van der Waals surface area contributed by atoms with Crippen LogP contribution in [0.3, 0.4) is 0 Å². The molecule has 2 N–H and O–H groups in total. The SMILES string of the molecule is CCCNc1nc(NCCN2CCCCC2)c(Cl)cc1Cl. The predicted molar refractivity (Wildman–Crippen MR) is 91.8 cm³/mol. The summed E-state index contributed by atoms with van der Waals surface area (Å²) in [5.41, 5.74) is 0. The second-order valence-corrected chi connectivity index (χ2v) is 6.22. The average molecular weight is 331 g/mol. The normalized spacial score (nSPS) is 16.0. The number of aromatic nitrogens is 1. The second-order valence-electron chi connectivity index (χ2n) is 5.41. The Hall–Kier alpha value is -0.710. The summed E-state index contributed by atoms with van der Waals surface area (Å²) in [4.78, 5) is 6.97. The molecule has 0 saturated carbocycles. The molecule has 4 nitrogen and oxygen atoms in total. The van der Waals surface area contributed by atoms with Crippen molar-refractivity contribution in [1.82, 2.24) is 9.88 Å². The number of rotatable bonds is 7. The van der Waals surface area contributed by atoms with Crippen molar-refractivity contribution in [1.29, 1.82) is 0 Å². The Labute approximate surface area is 137 Å². The molecule has 21 heavy (non-hydrogen) atoms. The molecule has 1 aliphatic rings. The Bertz CT molecular complexity index is 448. The van der Waals surface area contributed by atoms with E-state index in [4.69, 9.17) is 23.2 Å².